The summed E-state index contributed by atoms with van der Waals surface area (Å²) in [5.41, 5.74) is -0.235. The molecule has 9 heteroatoms. The van der Waals surface area contributed by atoms with E-state index < -0.39 is 4.92 Å². The number of rotatable bonds is 5. The van der Waals surface area contributed by atoms with Crippen molar-refractivity contribution in [3.63, 3.8) is 0 Å². The zero-order valence-electron chi connectivity index (χ0n) is 11.4. The van der Waals surface area contributed by atoms with Crippen LogP contribution in [0.15, 0.2) is 6.33 Å². The van der Waals surface area contributed by atoms with Gasteiger partial charge in [0.05, 0.1) is 24.7 Å². The quantitative estimate of drug-likeness (QED) is 0.586. The lowest BCUT2D eigenvalue weighted by molar-refractivity contribution is -0.385. The molecule has 1 aromatic heterocycles. The molecular weight excluding hydrogens is 266 g/mol. The van der Waals surface area contributed by atoms with Gasteiger partial charge in [-0.2, -0.15) is 4.98 Å². The molecule has 2 heterocycles. The molecule has 2 rings (SSSR count). The van der Waals surface area contributed by atoms with Crippen molar-refractivity contribution in [3.8, 4) is 5.88 Å². The molecule has 1 saturated heterocycles. The molecule has 1 aliphatic rings. The van der Waals surface area contributed by atoms with E-state index in [0.717, 1.165) is 6.54 Å². The molecule has 1 N–H and O–H groups in total. The molecule has 1 aliphatic heterocycles. The SMILES string of the molecule is COc1ncnc(N(C)CC2CNCCO2)c1[N+](=O)[O-]. The largest absolute Gasteiger partial charge is 0.476 e. The summed E-state index contributed by atoms with van der Waals surface area (Å²) < 4.78 is 10.5. The molecule has 0 aliphatic carbocycles. The van der Waals surface area contributed by atoms with Crippen LogP contribution in [0.1, 0.15) is 0 Å². The first kappa shape index (κ1) is 14.4. The number of methoxy groups -OCH3 is 1. The van der Waals surface area contributed by atoms with E-state index in [4.69, 9.17) is 9.47 Å². The Morgan fingerprint density at radius 3 is 3.05 bits per heavy atom. The molecule has 9 nitrogen and oxygen atoms in total. The highest BCUT2D eigenvalue weighted by atomic mass is 16.6. The Balaban J connectivity index is 2.19. The number of hydrogen-bond acceptors (Lipinski definition) is 8. The van der Waals surface area contributed by atoms with Gasteiger partial charge in [0.25, 0.3) is 5.88 Å². The monoisotopic (exact) mass is 283 g/mol. The molecule has 0 saturated carbocycles. The first-order valence-corrected chi connectivity index (χ1v) is 6.20. The topological polar surface area (TPSA) is 103 Å². The van der Waals surface area contributed by atoms with Crippen molar-refractivity contribution in [1.82, 2.24) is 15.3 Å². The highest BCUT2D eigenvalue weighted by molar-refractivity contribution is 5.62. The highest BCUT2D eigenvalue weighted by Crippen LogP contribution is 2.32. The number of morpholine rings is 1. The van der Waals surface area contributed by atoms with E-state index in [2.05, 4.69) is 15.3 Å². The number of aromatic nitrogens is 2. The maximum atomic E-state index is 11.2. The van der Waals surface area contributed by atoms with Crippen LogP contribution in [-0.4, -0.2) is 61.4 Å². The van der Waals surface area contributed by atoms with Gasteiger partial charge in [0.15, 0.2) is 0 Å². The molecule has 0 amide bonds. The van der Waals surface area contributed by atoms with Crippen molar-refractivity contribution in [1.29, 1.82) is 0 Å². The third kappa shape index (κ3) is 3.11. The molecule has 110 valence electrons. The molecule has 1 aromatic rings. The Kier molecular flexibility index (Phi) is 4.64. The number of nitro groups is 1. The van der Waals surface area contributed by atoms with E-state index in [1.54, 1.807) is 11.9 Å². The Bertz CT molecular complexity index is 478. The molecule has 20 heavy (non-hydrogen) atoms. The fourth-order valence-corrected chi connectivity index (χ4v) is 2.07. The van der Waals surface area contributed by atoms with Crippen LogP contribution in [0.2, 0.25) is 0 Å². The summed E-state index contributed by atoms with van der Waals surface area (Å²) in [6, 6.07) is 0. The van der Waals surface area contributed by atoms with Crippen molar-refractivity contribution in [2.24, 2.45) is 0 Å². The van der Waals surface area contributed by atoms with Gasteiger partial charge < -0.3 is 19.7 Å². The average Bonchev–Trinajstić information content (AvgIpc) is 2.47. The van der Waals surface area contributed by atoms with Crippen LogP contribution in [-0.2, 0) is 4.74 Å². The van der Waals surface area contributed by atoms with Gasteiger partial charge in [-0.15, -0.1) is 0 Å². The van der Waals surface area contributed by atoms with Crippen LogP contribution in [0.25, 0.3) is 0 Å². The molecule has 0 bridgehead atoms. The van der Waals surface area contributed by atoms with E-state index >= 15 is 0 Å². The number of nitrogens with one attached hydrogen (secondary N) is 1. The Hall–Kier alpha value is -2.00. The van der Waals surface area contributed by atoms with Gasteiger partial charge in [-0.1, -0.05) is 0 Å². The molecule has 0 radical (unpaired) electrons. The summed E-state index contributed by atoms with van der Waals surface area (Å²) in [6.07, 6.45) is 1.21. The predicted molar refractivity (Wildman–Crippen MR) is 71.1 cm³/mol. The van der Waals surface area contributed by atoms with E-state index in [1.807, 2.05) is 0 Å². The molecular formula is C11H17N5O4. The van der Waals surface area contributed by atoms with Crippen LogP contribution in [0.3, 0.4) is 0 Å². The first-order chi connectivity index (χ1) is 9.63. The predicted octanol–water partition coefficient (Wildman–Crippen LogP) is -0.182. The minimum absolute atomic E-state index is 0.0330. The summed E-state index contributed by atoms with van der Waals surface area (Å²) in [4.78, 5) is 20.1. The van der Waals surface area contributed by atoms with Crippen molar-refractivity contribution in [2.45, 2.75) is 6.10 Å². The number of anilines is 1. The standard InChI is InChI=1S/C11H17N5O4/c1-15(6-8-5-12-3-4-20-8)10-9(16(17)18)11(19-2)14-7-13-10/h7-8,12H,3-6H2,1-2H3. The van der Waals surface area contributed by atoms with Crippen LogP contribution in [0.5, 0.6) is 5.88 Å². The third-order valence-corrected chi connectivity index (χ3v) is 2.99. The fourth-order valence-electron chi connectivity index (χ4n) is 2.07. The number of likely N-dealkylation sites (N-methyl/N-ethyl adjacent to an activating group) is 1. The maximum absolute atomic E-state index is 11.2. The molecule has 0 spiro atoms. The minimum atomic E-state index is -0.537. The van der Waals surface area contributed by atoms with Crippen molar-refractivity contribution in [2.75, 3.05) is 45.3 Å². The van der Waals surface area contributed by atoms with E-state index in [1.165, 1.54) is 13.4 Å². The smallest absolute Gasteiger partial charge is 0.372 e. The second-order valence-electron chi connectivity index (χ2n) is 4.39. The second-order valence-corrected chi connectivity index (χ2v) is 4.39. The van der Waals surface area contributed by atoms with Crippen molar-refractivity contribution < 1.29 is 14.4 Å². The van der Waals surface area contributed by atoms with Gasteiger partial charge in [0, 0.05) is 26.7 Å². The number of hydrogen-bond donors (Lipinski definition) is 1. The van der Waals surface area contributed by atoms with Gasteiger partial charge in [-0.3, -0.25) is 10.1 Å². The van der Waals surface area contributed by atoms with E-state index in [9.17, 15) is 10.1 Å². The third-order valence-electron chi connectivity index (χ3n) is 2.99. The summed E-state index contributed by atoms with van der Waals surface area (Å²) >= 11 is 0. The van der Waals surface area contributed by atoms with Crippen LogP contribution in [0, 0.1) is 10.1 Å². The highest BCUT2D eigenvalue weighted by Gasteiger charge is 2.28. The van der Waals surface area contributed by atoms with Crippen LogP contribution < -0.4 is 15.0 Å². The lowest BCUT2D eigenvalue weighted by Crippen LogP contribution is -2.44. The summed E-state index contributed by atoms with van der Waals surface area (Å²) in [6.45, 7) is 2.66. The molecule has 1 atom stereocenters. The summed E-state index contributed by atoms with van der Waals surface area (Å²) in [5.74, 6) is 0.172. The van der Waals surface area contributed by atoms with Crippen LogP contribution in [0.4, 0.5) is 11.5 Å². The van der Waals surface area contributed by atoms with E-state index in [0.29, 0.717) is 19.7 Å². The second kappa shape index (κ2) is 6.44. The van der Waals surface area contributed by atoms with Crippen molar-refractivity contribution >= 4 is 11.5 Å². The number of ether oxygens (including phenoxy) is 2. The minimum Gasteiger partial charge on any atom is -0.476 e. The first-order valence-electron chi connectivity index (χ1n) is 6.20. The van der Waals surface area contributed by atoms with Crippen LogP contribution >= 0.6 is 0 Å². The molecule has 0 aromatic carbocycles. The molecule has 1 unspecified atom stereocenters. The number of nitrogens with zero attached hydrogens (tertiary/aromatic N) is 4. The summed E-state index contributed by atoms with van der Waals surface area (Å²) in [7, 11) is 3.07. The zero-order valence-corrected chi connectivity index (χ0v) is 11.4. The average molecular weight is 283 g/mol. The lowest BCUT2D eigenvalue weighted by Gasteiger charge is -2.28. The normalized spacial score (nSPS) is 18.6. The van der Waals surface area contributed by atoms with Gasteiger partial charge in [-0.25, -0.2) is 4.98 Å². The fraction of sp³-hybridized carbons (Fsp3) is 0.636. The van der Waals surface area contributed by atoms with Gasteiger partial charge in [0.2, 0.25) is 5.82 Å². The van der Waals surface area contributed by atoms with Gasteiger partial charge in [0.1, 0.15) is 6.33 Å². The Morgan fingerprint density at radius 1 is 1.65 bits per heavy atom. The van der Waals surface area contributed by atoms with E-state index in [-0.39, 0.29) is 23.5 Å². The Morgan fingerprint density at radius 2 is 2.45 bits per heavy atom. The van der Waals surface area contributed by atoms with Crippen molar-refractivity contribution in [3.05, 3.63) is 16.4 Å². The lowest BCUT2D eigenvalue weighted by atomic mass is 10.3. The summed E-state index contributed by atoms with van der Waals surface area (Å²) in [5, 5.41) is 14.4. The van der Waals surface area contributed by atoms with Gasteiger partial charge in [-0.05, 0) is 0 Å². The Labute approximate surface area is 116 Å². The molecule has 1 fully saturated rings. The maximum Gasteiger partial charge on any atom is 0.372 e. The van der Waals surface area contributed by atoms with Gasteiger partial charge >= 0.3 is 5.69 Å². The zero-order chi connectivity index (χ0) is 14.5.